The Labute approximate surface area is 99.7 Å². The molecule has 0 amide bonds. The van der Waals surface area contributed by atoms with Gasteiger partial charge in [-0.1, -0.05) is 25.3 Å². The molecule has 17 heavy (non-hydrogen) atoms. The van der Waals surface area contributed by atoms with Crippen molar-refractivity contribution in [2.75, 3.05) is 5.32 Å². The summed E-state index contributed by atoms with van der Waals surface area (Å²) in [7, 11) is 0. The van der Waals surface area contributed by atoms with Crippen LogP contribution in [-0.2, 0) is 4.79 Å². The summed E-state index contributed by atoms with van der Waals surface area (Å²) in [4.78, 5) is 11.4. The van der Waals surface area contributed by atoms with Crippen LogP contribution in [0.15, 0.2) is 24.3 Å². The Morgan fingerprint density at radius 1 is 1.29 bits per heavy atom. The van der Waals surface area contributed by atoms with E-state index in [1.54, 1.807) is 12.1 Å². The lowest BCUT2D eigenvalue weighted by Gasteiger charge is -2.34. The van der Waals surface area contributed by atoms with Crippen LogP contribution in [0.2, 0.25) is 0 Å². The standard InChI is InChI=1S/C13H16FNO2/c14-10-5-4-6-11(9-10)15-13(12(16)17)7-2-1-3-8-13/h4-6,9,15H,1-3,7-8H2,(H,16,17). The molecule has 2 rings (SSSR count). The summed E-state index contributed by atoms with van der Waals surface area (Å²) in [6.45, 7) is 0. The molecule has 0 radical (unpaired) electrons. The average molecular weight is 237 g/mol. The molecule has 0 atom stereocenters. The zero-order valence-electron chi connectivity index (χ0n) is 9.58. The lowest BCUT2D eigenvalue weighted by molar-refractivity contribution is -0.143. The second-order valence-corrected chi connectivity index (χ2v) is 4.58. The average Bonchev–Trinajstić information content (AvgIpc) is 2.30. The number of nitrogens with one attached hydrogen (secondary N) is 1. The molecule has 1 saturated carbocycles. The molecule has 0 unspecified atom stereocenters. The Bertz CT molecular complexity index is 414. The predicted octanol–water partition coefficient (Wildman–Crippen LogP) is 3.03. The summed E-state index contributed by atoms with van der Waals surface area (Å²) in [5, 5.41) is 12.4. The summed E-state index contributed by atoms with van der Waals surface area (Å²) in [6, 6.07) is 5.96. The Morgan fingerprint density at radius 3 is 2.59 bits per heavy atom. The van der Waals surface area contributed by atoms with Crippen molar-refractivity contribution < 1.29 is 14.3 Å². The molecule has 1 aliphatic carbocycles. The molecule has 3 nitrogen and oxygen atoms in total. The third-order valence-electron chi connectivity index (χ3n) is 3.32. The summed E-state index contributed by atoms with van der Waals surface area (Å²) >= 11 is 0. The van der Waals surface area contributed by atoms with Crippen LogP contribution in [0.5, 0.6) is 0 Å². The molecule has 0 heterocycles. The molecular formula is C13H16FNO2. The summed E-state index contributed by atoms with van der Waals surface area (Å²) in [5.41, 5.74) is -0.388. The molecule has 0 bridgehead atoms. The first-order valence-electron chi connectivity index (χ1n) is 5.90. The van der Waals surface area contributed by atoms with E-state index < -0.39 is 11.5 Å². The quantitative estimate of drug-likeness (QED) is 0.849. The molecule has 0 saturated heterocycles. The molecule has 0 aromatic heterocycles. The van der Waals surface area contributed by atoms with E-state index in [1.807, 2.05) is 0 Å². The van der Waals surface area contributed by atoms with Gasteiger partial charge in [0.2, 0.25) is 0 Å². The van der Waals surface area contributed by atoms with Crippen LogP contribution >= 0.6 is 0 Å². The van der Waals surface area contributed by atoms with Crippen molar-refractivity contribution in [2.24, 2.45) is 0 Å². The molecule has 4 heteroatoms. The Balaban J connectivity index is 2.20. The van der Waals surface area contributed by atoms with Crippen LogP contribution in [0, 0.1) is 5.82 Å². The Morgan fingerprint density at radius 2 is 2.00 bits per heavy atom. The largest absolute Gasteiger partial charge is 0.480 e. The lowest BCUT2D eigenvalue weighted by atomic mass is 9.81. The maximum absolute atomic E-state index is 13.1. The highest BCUT2D eigenvalue weighted by Gasteiger charge is 2.39. The number of carboxylic acid groups (broad SMARTS) is 1. The van der Waals surface area contributed by atoms with Crippen molar-refractivity contribution in [3.05, 3.63) is 30.1 Å². The van der Waals surface area contributed by atoms with E-state index >= 15 is 0 Å². The number of halogens is 1. The first kappa shape index (κ1) is 11.9. The van der Waals surface area contributed by atoms with Gasteiger partial charge in [-0.2, -0.15) is 0 Å². The van der Waals surface area contributed by atoms with Gasteiger partial charge in [0.05, 0.1) is 0 Å². The minimum atomic E-state index is -0.925. The van der Waals surface area contributed by atoms with Crippen molar-refractivity contribution in [3.63, 3.8) is 0 Å². The summed E-state index contributed by atoms with van der Waals surface area (Å²) in [5.74, 6) is -1.20. The molecule has 2 N–H and O–H groups in total. The van der Waals surface area contributed by atoms with Crippen LogP contribution in [0.3, 0.4) is 0 Å². The molecule has 1 aliphatic rings. The van der Waals surface area contributed by atoms with E-state index in [9.17, 15) is 14.3 Å². The maximum atomic E-state index is 13.1. The number of benzene rings is 1. The normalized spacial score (nSPS) is 18.6. The minimum absolute atomic E-state index is 0.355. The van der Waals surface area contributed by atoms with Gasteiger partial charge < -0.3 is 10.4 Å². The first-order chi connectivity index (χ1) is 8.12. The topological polar surface area (TPSA) is 49.3 Å². The van der Waals surface area contributed by atoms with Gasteiger partial charge in [0.25, 0.3) is 0 Å². The van der Waals surface area contributed by atoms with E-state index in [0.717, 1.165) is 19.3 Å². The van der Waals surface area contributed by atoms with Crippen LogP contribution in [0.4, 0.5) is 10.1 Å². The van der Waals surface area contributed by atoms with E-state index in [0.29, 0.717) is 18.5 Å². The summed E-state index contributed by atoms with van der Waals surface area (Å²) < 4.78 is 13.1. The van der Waals surface area contributed by atoms with Gasteiger partial charge in [-0.15, -0.1) is 0 Å². The zero-order chi connectivity index (χ0) is 12.3. The number of aliphatic carboxylic acids is 1. The fraction of sp³-hybridized carbons (Fsp3) is 0.462. The van der Waals surface area contributed by atoms with E-state index in [-0.39, 0.29) is 5.82 Å². The van der Waals surface area contributed by atoms with Crippen molar-refractivity contribution in [1.29, 1.82) is 0 Å². The molecule has 92 valence electrons. The monoisotopic (exact) mass is 237 g/mol. The fourth-order valence-corrected chi connectivity index (χ4v) is 2.39. The van der Waals surface area contributed by atoms with Crippen LogP contribution in [-0.4, -0.2) is 16.6 Å². The minimum Gasteiger partial charge on any atom is -0.480 e. The number of anilines is 1. The van der Waals surface area contributed by atoms with Gasteiger partial charge in [0, 0.05) is 5.69 Å². The molecule has 1 aromatic rings. The van der Waals surface area contributed by atoms with Crippen molar-refractivity contribution in [3.8, 4) is 0 Å². The van der Waals surface area contributed by atoms with Crippen molar-refractivity contribution >= 4 is 11.7 Å². The van der Waals surface area contributed by atoms with Crippen LogP contribution in [0.25, 0.3) is 0 Å². The number of carbonyl (C=O) groups is 1. The summed E-state index contributed by atoms with van der Waals surface area (Å²) in [6.07, 6.45) is 4.06. The molecule has 1 fully saturated rings. The third-order valence-corrected chi connectivity index (χ3v) is 3.32. The molecular weight excluding hydrogens is 221 g/mol. The fourth-order valence-electron chi connectivity index (χ4n) is 2.39. The lowest BCUT2D eigenvalue weighted by Crippen LogP contribution is -2.47. The number of hydrogen-bond donors (Lipinski definition) is 2. The second-order valence-electron chi connectivity index (χ2n) is 4.58. The highest BCUT2D eigenvalue weighted by molar-refractivity contribution is 5.82. The number of carboxylic acids is 1. The van der Waals surface area contributed by atoms with E-state index in [2.05, 4.69) is 5.32 Å². The molecule has 0 aliphatic heterocycles. The molecule has 1 aromatic carbocycles. The molecule has 0 spiro atoms. The SMILES string of the molecule is O=C(O)C1(Nc2cccc(F)c2)CCCCC1. The second kappa shape index (κ2) is 4.73. The van der Waals surface area contributed by atoms with Gasteiger partial charge in [0.1, 0.15) is 11.4 Å². The maximum Gasteiger partial charge on any atom is 0.329 e. The van der Waals surface area contributed by atoms with Crippen molar-refractivity contribution in [2.45, 2.75) is 37.6 Å². The smallest absolute Gasteiger partial charge is 0.329 e. The number of hydrogen-bond acceptors (Lipinski definition) is 2. The van der Waals surface area contributed by atoms with Gasteiger partial charge in [-0.25, -0.2) is 9.18 Å². The Hall–Kier alpha value is -1.58. The Kier molecular flexibility index (Phi) is 3.31. The van der Waals surface area contributed by atoms with Crippen LogP contribution < -0.4 is 5.32 Å². The van der Waals surface area contributed by atoms with E-state index in [1.165, 1.54) is 12.1 Å². The number of rotatable bonds is 3. The van der Waals surface area contributed by atoms with Crippen LogP contribution in [0.1, 0.15) is 32.1 Å². The van der Waals surface area contributed by atoms with Gasteiger partial charge in [-0.3, -0.25) is 0 Å². The zero-order valence-corrected chi connectivity index (χ0v) is 9.58. The third kappa shape index (κ3) is 2.57. The highest BCUT2D eigenvalue weighted by Crippen LogP contribution is 2.32. The van der Waals surface area contributed by atoms with E-state index in [4.69, 9.17) is 0 Å². The van der Waals surface area contributed by atoms with Crippen molar-refractivity contribution in [1.82, 2.24) is 0 Å². The predicted molar refractivity (Wildman–Crippen MR) is 63.5 cm³/mol. The van der Waals surface area contributed by atoms with Gasteiger partial charge >= 0.3 is 5.97 Å². The highest BCUT2D eigenvalue weighted by atomic mass is 19.1. The first-order valence-corrected chi connectivity index (χ1v) is 5.90. The van der Waals surface area contributed by atoms with Gasteiger partial charge in [0.15, 0.2) is 0 Å². The van der Waals surface area contributed by atoms with Gasteiger partial charge in [-0.05, 0) is 31.0 Å².